The number of nitrogens with zero attached hydrogens (tertiary/aromatic N) is 2. The molecule has 0 spiro atoms. The number of hydrogen-bond acceptors (Lipinski definition) is 2. The first-order valence-electron chi connectivity index (χ1n) is 6.24. The highest BCUT2D eigenvalue weighted by Crippen LogP contribution is 2.31. The molecule has 0 saturated heterocycles. The number of aliphatic imine (C=N–C) groups is 1. The lowest BCUT2D eigenvalue weighted by Gasteiger charge is -2.15. The van der Waals surface area contributed by atoms with Crippen LogP contribution in [0.3, 0.4) is 0 Å². The van der Waals surface area contributed by atoms with Crippen LogP contribution in [-0.2, 0) is 4.79 Å². The summed E-state index contributed by atoms with van der Waals surface area (Å²) in [6.07, 6.45) is 0.329. The molecule has 94 valence electrons. The molecular weight excluding hydrogens is 236 g/mol. The van der Waals surface area contributed by atoms with E-state index >= 15 is 0 Å². The largest absolute Gasteiger partial charge is 0.313 e. The van der Waals surface area contributed by atoms with E-state index in [2.05, 4.69) is 4.99 Å². The van der Waals surface area contributed by atoms with Crippen molar-refractivity contribution >= 4 is 23.0 Å². The second-order valence-electron chi connectivity index (χ2n) is 4.54. The van der Waals surface area contributed by atoms with Crippen molar-refractivity contribution < 1.29 is 4.79 Å². The van der Waals surface area contributed by atoms with Crippen molar-refractivity contribution in [2.75, 3.05) is 11.9 Å². The summed E-state index contributed by atoms with van der Waals surface area (Å²) in [5.41, 5.74) is 3.52. The maximum Gasteiger partial charge on any atom is 0.232 e. The molecule has 0 unspecified atom stereocenters. The van der Waals surface area contributed by atoms with Crippen LogP contribution >= 0.6 is 0 Å². The molecule has 0 radical (unpaired) electrons. The lowest BCUT2D eigenvalue weighted by Crippen LogP contribution is -2.26. The van der Waals surface area contributed by atoms with Gasteiger partial charge >= 0.3 is 0 Å². The summed E-state index contributed by atoms with van der Waals surface area (Å²) in [6.45, 7) is 0. The molecule has 3 heteroatoms. The molecule has 0 N–H and O–H groups in total. The number of fused-ring (bicyclic) bond motifs is 1. The summed E-state index contributed by atoms with van der Waals surface area (Å²) in [5.74, 6) is 0.0625. The number of hydrogen-bond donors (Lipinski definition) is 0. The Bertz CT molecular complexity index is 647. The fraction of sp³-hybridized carbons (Fsp3) is 0.125. The highest BCUT2D eigenvalue weighted by atomic mass is 16.2. The van der Waals surface area contributed by atoms with Gasteiger partial charge in [-0.2, -0.15) is 0 Å². The van der Waals surface area contributed by atoms with E-state index in [0.29, 0.717) is 6.42 Å². The topological polar surface area (TPSA) is 32.7 Å². The van der Waals surface area contributed by atoms with Gasteiger partial charge < -0.3 is 4.90 Å². The molecule has 1 amide bonds. The SMILES string of the molecule is CN1C(=O)CC(c2ccccc2)=Nc2ccccc21. The Hall–Kier alpha value is -2.42. The van der Waals surface area contributed by atoms with Gasteiger partial charge in [-0.3, -0.25) is 9.79 Å². The summed E-state index contributed by atoms with van der Waals surface area (Å²) in [5, 5.41) is 0. The lowest BCUT2D eigenvalue weighted by atomic mass is 10.1. The quantitative estimate of drug-likeness (QED) is 0.765. The molecule has 0 fully saturated rings. The molecule has 0 aliphatic carbocycles. The predicted octanol–water partition coefficient (Wildman–Crippen LogP) is 3.17. The first-order chi connectivity index (χ1) is 9.25. The minimum Gasteiger partial charge on any atom is -0.313 e. The van der Waals surface area contributed by atoms with Crippen LogP contribution in [0.4, 0.5) is 11.4 Å². The number of benzene rings is 2. The van der Waals surface area contributed by atoms with Crippen LogP contribution in [0.1, 0.15) is 12.0 Å². The molecule has 0 bridgehead atoms. The minimum absolute atomic E-state index is 0.0625. The van der Waals surface area contributed by atoms with Crippen LogP contribution in [0, 0.1) is 0 Å². The zero-order valence-corrected chi connectivity index (χ0v) is 10.7. The van der Waals surface area contributed by atoms with E-state index in [0.717, 1.165) is 22.6 Å². The number of carbonyl (C=O) groups excluding carboxylic acids is 1. The van der Waals surface area contributed by atoms with Crippen LogP contribution < -0.4 is 4.90 Å². The average molecular weight is 250 g/mol. The van der Waals surface area contributed by atoms with Crippen molar-refractivity contribution in [1.29, 1.82) is 0 Å². The highest BCUT2D eigenvalue weighted by Gasteiger charge is 2.21. The van der Waals surface area contributed by atoms with Gasteiger partial charge in [0.15, 0.2) is 0 Å². The van der Waals surface area contributed by atoms with Crippen LogP contribution in [0.2, 0.25) is 0 Å². The van der Waals surface area contributed by atoms with E-state index < -0.39 is 0 Å². The Morgan fingerprint density at radius 1 is 1.00 bits per heavy atom. The van der Waals surface area contributed by atoms with E-state index in [9.17, 15) is 4.79 Å². The van der Waals surface area contributed by atoms with Gasteiger partial charge in [-0.1, -0.05) is 42.5 Å². The zero-order valence-electron chi connectivity index (χ0n) is 10.7. The molecule has 1 aliphatic heterocycles. The maximum atomic E-state index is 12.2. The first-order valence-corrected chi connectivity index (χ1v) is 6.24. The second kappa shape index (κ2) is 4.69. The highest BCUT2D eigenvalue weighted by molar-refractivity contribution is 6.17. The standard InChI is InChI=1S/C16H14N2O/c1-18-15-10-6-5-9-13(15)17-14(11-16(18)19)12-7-3-2-4-8-12/h2-10H,11H2,1H3. The third-order valence-corrected chi connectivity index (χ3v) is 3.30. The number of para-hydroxylation sites is 2. The van der Waals surface area contributed by atoms with Gasteiger partial charge in [-0.25, -0.2) is 0 Å². The number of anilines is 1. The molecule has 0 aromatic heterocycles. The third-order valence-electron chi connectivity index (χ3n) is 3.30. The average Bonchev–Trinajstić information content (AvgIpc) is 2.58. The Morgan fingerprint density at radius 3 is 2.47 bits per heavy atom. The van der Waals surface area contributed by atoms with Crippen molar-refractivity contribution in [2.24, 2.45) is 4.99 Å². The minimum atomic E-state index is 0.0625. The number of carbonyl (C=O) groups is 1. The fourth-order valence-corrected chi connectivity index (χ4v) is 2.22. The summed E-state index contributed by atoms with van der Waals surface area (Å²) in [7, 11) is 1.80. The molecular formula is C16H14N2O. The van der Waals surface area contributed by atoms with Gasteiger partial charge in [0.1, 0.15) is 0 Å². The number of rotatable bonds is 1. The Balaban J connectivity index is 2.14. The van der Waals surface area contributed by atoms with Gasteiger partial charge in [-0.15, -0.1) is 0 Å². The molecule has 2 aromatic rings. The molecule has 1 aliphatic rings. The van der Waals surface area contributed by atoms with Crippen LogP contribution in [0.25, 0.3) is 0 Å². The second-order valence-corrected chi connectivity index (χ2v) is 4.54. The molecule has 0 saturated carbocycles. The van der Waals surface area contributed by atoms with E-state index in [-0.39, 0.29) is 5.91 Å². The summed E-state index contributed by atoms with van der Waals surface area (Å²) in [4.78, 5) is 18.5. The van der Waals surface area contributed by atoms with E-state index in [1.165, 1.54) is 0 Å². The molecule has 3 nitrogen and oxygen atoms in total. The van der Waals surface area contributed by atoms with Crippen molar-refractivity contribution in [3.8, 4) is 0 Å². The summed E-state index contributed by atoms with van der Waals surface area (Å²) < 4.78 is 0. The molecule has 2 aromatic carbocycles. The van der Waals surface area contributed by atoms with Crippen LogP contribution in [0.15, 0.2) is 59.6 Å². The normalized spacial score (nSPS) is 14.7. The summed E-state index contributed by atoms with van der Waals surface area (Å²) >= 11 is 0. The third kappa shape index (κ3) is 2.15. The van der Waals surface area contributed by atoms with Crippen molar-refractivity contribution in [1.82, 2.24) is 0 Å². The monoisotopic (exact) mass is 250 g/mol. The Morgan fingerprint density at radius 2 is 1.68 bits per heavy atom. The van der Waals surface area contributed by atoms with E-state index in [1.807, 2.05) is 54.6 Å². The van der Waals surface area contributed by atoms with Crippen molar-refractivity contribution in [2.45, 2.75) is 6.42 Å². The van der Waals surface area contributed by atoms with Crippen LogP contribution in [0.5, 0.6) is 0 Å². The molecule has 19 heavy (non-hydrogen) atoms. The van der Waals surface area contributed by atoms with Crippen molar-refractivity contribution in [3.63, 3.8) is 0 Å². The maximum absolute atomic E-state index is 12.2. The number of amides is 1. The van der Waals surface area contributed by atoms with Crippen molar-refractivity contribution in [3.05, 3.63) is 60.2 Å². The molecule has 1 heterocycles. The Kier molecular flexibility index (Phi) is 2.88. The molecule has 0 atom stereocenters. The van der Waals surface area contributed by atoms with E-state index in [1.54, 1.807) is 11.9 Å². The molecule has 3 rings (SSSR count). The van der Waals surface area contributed by atoms with Gasteiger partial charge in [0.25, 0.3) is 0 Å². The van der Waals surface area contributed by atoms with Crippen LogP contribution in [-0.4, -0.2) is 18.7 Å². The van der Waals surface area contributed by atoms with Gasteiger partial charge in [-0.05, 0) is 17.7 Å². The van der Waals surface area contributed by atoms with Gasteiger partial charge in [0.05, 0.1) is 23.5 Å². The van der Waals surface area contributed by atoms with E-state index in [4.69, 9.17) is 0 Å². The van der Waals surface area contributed by atoms with Gasteiger partial charge in [0, 0.05) is 7.05 Å². The lowest BCUT2D eigenvalue weighted by molar-refractivity contribution is -0.117. The van der Waals surface area contributed by atoms with Gasteiger partial charge in [0.2, 0.25) is 5.91 Å². The summed E-state index contributed by atoms with van der Waals surface area (Å²) in [6, 6.07) is 17.6. The smallest absolute Gasteiger partial charge is 0.232 e. The fourth-order valence-electron chi connectivity index (χ4n) is 2.22. The first kappa shape index (κ1) is 11.7. The zero-order chi connectivity index (χ0) is 13.2. The Labute approximate surface area is 112 Å². The predicted molar refractivity (Wildman–Crippen MR) is 77.1 cm³/mol.